The lowest BCUT2D eigenvalue weighted by Crippen LogP contribution is -2.36. The topological polar surface area (TPSA) is 80.0 Å². The van der Waals surface area contributed by atoms with Gasteiger partial charge in [0, 0.05) is 23.3 Å². The number of carbonyl (C=O) groups is 1. The first-order chi connectivity index (χ1) is 15.9. The summed E-state index contributed by atoms with van der Waals surface area (Å²) in [5.74, 6) is 1.55. The van der Waals surface area contributed by atoms with E-state index in [1.54, 1.807) is 12.1 Å². The van der Waals surface area contributed by atoms with Gasteiger partial charge in [-0.05, 0) is 40.3 Å². The fourth-order valence-electron chi connectivity index (χ4n) is 5.11. The van der Waals surface area contributed by atoms with Crippen LogP contribution in [0.3, 0.4) is 0 Å². The second-order valence-electron chi connectivity index (χ2n) is 9.68. The molecule has 0 spiro atoms. The van der Waals surface area contributed by atoms with Crippen LogP contribution in [0.5, 0.6) is 5.75 Å². The second kappa shape index (κ2) is 7.04. The molecule has 6 heteroatoms. The number of aromatic nitrogens is 3. The first-order valence-corrected chi connectivity index (χ1v) is 11.2. The van der Waals surface area contributed by atoms with Gasteiger partial charge < -0.3 is 10.4 Å². The Labute approximate surface area is 191 Å². The average Bonchev–Trinajstić information content (AvgIpc) is 3.20. The van der Waals surface area contributed by atoms with Crippen LogP contribution in [0.1, 0.15) is 38.3 Å². The molecule has 1 aliphatic heterocycles. The molecule has 33 heavy (non-hydrogen) atoms. The summed E-state index contributed by atoms with van der Waals surface area (Å²) in [6.07, 6.45) is 1.25. The van der Waals surface area contributed by atoms with Crippen molar-refractivity contribution in [3.05, 3.63) is 83.6 Å². The first-order valence-electron chi connectivity index (χ1n) is 11.2. The molecule has 2 N–H and O–H groups in total. The van der Waals surface area contributed by atoms with Crippen molar-refractivity contribution >= 4 is 22.5 Å². The predicted molar refractivity (Wildman–Crippen MR) is 128 cm³/mol. The Morgan fingerprint density at radius 1 is 1.00 bits per heavy atom. The highest BCUT2D eigenvalue weighted by atomic mass is 16.3. The SMILES string of the molecule is CC1(C)CC(=O)C2=C(C1)Nc1nc(-c3cccc4ccccc34)nn1C2c1ccc(O)cc1. The average molecular weight is 437 g/mol. The lowest BCUT2D eigenvalue weighted by molar-refractivity contribution is -0.118. The number of nitrogens with one attached hydrogen (secondary N) is 1. The predicted octanol–water partition coefficient (Wildman–Crippen LogP) is 5.46. The van der Waals surface area contributed by atoms with Gasteiger partial charge in [-0.3, -0.25) is 4.79 Å². The van der Waals surface area contributed by atoms with Crippen molar-refractivity contribution < 1.29 is 9.90 Å². The summed E-state index contributed by atoms with van der Waals surface area (Å²) in [5, 5.41) is 20.4. The largest absolute Gasteiger partial charge is 0.508 e. The lowest BCUT2D eigenvalue weighted by atomic mass is 9.73. The first kappa shape index (κ1) is 19.7. The Morgan fingerprint density at radius 3 is 2.58 bits per heavy atom. The zero-order valence-electron chi connectivity index (χ0n) is 18.5. The summed E-state index contributed by atoms with van der Waals surface area (Å²) in [4.78, 5) is 18.2. The van der Waals surface area contributed by atoms with Gasteiger partial charge >= 0.3 is 0 Å². The number of rotatable bonds is 2. The van der Waals surface area contributed by atoms with Crippen LogP contribution >= 0.6 is 0 Å². The van der Waals surface area contributed by atoms with E-state index in [0.717, 1.165) is 39.6 Å². The van der Waals surface area contributed by atoms with Crippen LogP contribution in [0.25, 0.3) is 22.2 Å². The normalized spacial score (nSPS) is 19.2. The van der Waals surface area contributed by atoms with E-state index in [-0.39, 0.29) is 16.9 Å². The van der Waals surface area contributed by atoms with Gasteiger partial charge in [0.05, 0.1) is 0 Å². The Bertz CT molecular complexity index is 1440. The Kier molecular flexibility index (Phi) is 4.21. The van der Waals surface area contributed by atoms with Crippen LogP contribution in [0.4, 0.5) is 5.95 Å². The zero-order valence-corrected chi connectivity index (χ0v) is 18.5. The van der Waals surface area contributed by atoms with Crippen LogP contribution < -0.4 is 5.32 Å². The van der Waals surface area contributed by atoms with Crippen molar-refractivity contribution in [2.24, 2.45) is 5.41 Å². The molecule has 1 atom stereocenters. The molecule has 6 rings (SSSR count). The van der Waals surface area contributed by atoms with E-state index < -0.39 is 6.04 Å². The van der Waals surface area contributed by atoms with Crippen LogP contribution in [0, 0.1) is 5.41 Å². The number of phenolic OH excluding ortho intramolecular Hbond substituents is 1. The van der Waals surface area contributed by atoms with E-state index in [0.29, 0.717) is 18.2 Å². The molecule has 0 amide bonds. The number of ketones is 1. The number of aromatic hydroxyl groups is 1. The van der Waals surface area contributed by atoms with Crippen molar-refractivity contribution in [1.82, 2.24) is 14.8 Å². The third kappa shape index (κ3) is 3.21. The molecule has 1 aromatic heterocycles. The molecular formula is C27H24N4O2. The van der Waals surface area contributed by atoms with Crippen molar-refractivity contribution in [3.63, 3.8) is 0 Å². The smallest absolute Gasteiger partial charge is 0.226 e. The number of hydrogen-bond acceptors (Lipinski definition) is 5. The monoisotopic (exact) mass is 436 g/mol. The minimum absolute atomic E-state index is 0.122. The fraction of sp³-hybridized carbons (Fsp3) is 0.222. The lowest BCUT2D eigenvalue weighted by Gasteiger charge is -2.38. The number of anilines is 1. The summed E-state index contributed by atoms with van der Waals surface area (Å²) in [6, 6.07) is 20.9. The van der Waals surface area contributed by atoms with Gasteiger partial charge in [0.25, 0.3) is 0 Å². The summed E-state index contributed by atoms with van der Waals surface area (Å²) >= 11 is 0. The second-order valence-corrected chi connectivity index (χ2v) is 9.68. The number of nitrogens with zero attached hydrogens (tertiary/aromatic N) is 3. The third-order valence-corrected chi connectivity index (χ3v) is 6.57. The molecule has 0 bridgehead atoms. The molecule has 4 aromatic rings. The molecule has 1 aliphatic carbocycles. The van der Waals surface area contributed by atoms with Crippen molar-refractivity contribution in [1.29, 1.82) is 0 Å². The van der Waals surface area contributed by atoms with E-state index in [9.17, 15) is 9.90 Å². The number of allylic oxidation sites excluding steroid dienone is 2. The highest BCUT2D eigenvalue weighted by Crippen LogP contribution is 2.46. The molecule has 2 aliphatic rings. The Balaban J connectivity index is 1.55. The zero-order chi connectivity index (χ0) is 22.7. The highest BCUT2D eigenvalue weighted by molar-refractivity contribution is 6.00. The van der Waals surface area contributed by atoms with Crippen LogP contribution in [-0.4, -0.2) is 25.7 Å². The van der Waals surface area contributed by atoms with Gasteiger partial charge in [-0.1, -0.05) is 68.4 Å². The molecule has 0 radical (unpaired) electrons. The number of hydrogen-bond donors (Lipinski definition) is 2. The van der Waals surface area contributed by atoms with Gasteiger partial charge in [-0.25, -0.2) is 4.68 Å². The Morgan fingerprint density at radius 2 is 1.76 bits per heavy atom. The Hall–Kier alpha value is -3.93. The molecule has 0 fully saturated rings. The van der Waals surface area contributed by atoms with E-state index in [4.69, 9.17) is 10.1 Å². The van der Waals surface area contributed by atoms with E-state index in [1.807, 2.05) is 41.1 Å². The number of phenols is 1. The fourth-order valence-corrected chi connectivity index (χ4v) is 5.11. The van der Waals surface area contributed by atoms with E-state index in [2.05, 4.69) is 37.4 Å². The van der Waals surface area contributed by atoms with Crippen molar-refractivity contribution in [2.75, 3.05) is 5.32 Å². The highest BCUT2D eigenvalue weighted by Gasteiger charge is 2.41. The van der Waals surface area contributed by atoms with Gasteiger partial charge in [0.2, 0.25) is 5.95 Å². The maximum Gasteiger partial charge on any atom is 0.226 e. The maximum atomic E-state index is 13.3. The number of Topliss-reactive ketones (excluding diaryl/α,β-unsaturated/α-hetero) is 1. The summed E-state index contributed by atoms with van der Waals surface area (Å²) in [6.45, 7) is 4.24. The third-order valence-electron chi connectivity index (χ3n) is 6.57. The minimum Gasteiger partial charge on any atom is -0.508 e. The van der Waals surface area contributed by atoms with Crippen LogP contribution in [0.15, 0.2) is 78.0 Å². The summed E-state index contributed by atoms with van der Waals surface area (Å²) in [7, 11) is 0. The summed E-state index contributed by atoms with van der Waals surface area (Å²) < 4.78 is 1.82. The van der Waals surface area contributed by atoms with Gasteiger partial charge in [0.1, 0.15) is 11.8 Å². The molecule has 2 heterocycles. The quantitative estimate of drug-likeness (QED) is 0.436. The molecule has 0 saturated heterocycles. The van der Waals surface area contributed by atoms with Gasteiger partial charge in [-0.2, -0.15) is 4.98 Å². The maximum absolute atomic E-state index is 13.3. The molecule has 164 valence electrons. The number of fused-ring (bicyclic) bond motifs is 2. The molecule has 6 nitrogen and oxygen atoms in total. The van der Waals surface area contributed by atoms with Gasteiger partial charge in [-0.15, -0.1) is 5.10 Å². The molecular weight excluding hydrogens is 412 g/mol. The number of carbonyl (C=O) groups excluding carboxylic acids is 1. The van der Waals surface area contributed by atoms with E-state index >= 15 is 0 Å². The molecule has 3 aromatic carbocycles. The molecule has 0 saturated carbocycles. The van der Waals surface area contributed by atoms with E-state index in [1.165, 1.54) is 0 Å². The van der Waals surface area contributed by atoms with Gasteiger partial charge in [0.15, 0.2) is 11.6 Å². The minimum atomic E-state index is -0.392. The molecule has 1 unspecified atom stereocenters. The van der Waals surface area contributed by atoms with Crippen LogP contribution in [-0.2, 0) is 4.79 Å². The van der Waals surface area contributed by atoms with Crippen LogP contribution in [0.2, 0.25) is 0 Å². The summed E-state index contributed by atoms with van der Waals surface area (Å²) in [5.41, 5.74) is 3.38. The standard InChI is InChI=1S/C27H24N4O2/c1-27(2)14-21-23(22(33)15-27)24(17-10-12-18(32)13-11-17)31-26(28-21)29-25(30-31)20-9-5-7-16-6-3-4-8-19(16)20/h3-13,24,32H,14-15H2,1-2H3,(H,28,29,30). The van der Waals surface area contributed by atoms with Crippen molar-refractivity contribution in [3.8, 4) is 17.1 Å². The van der Waals surface area contributed by atoms with Crippen molar-refractivity contribution in [2.45, 2.75) is 32.7 Å². The number of benzene rings is 3.